The van der Waals surface area contributed by atoms with E-state index in [2.05, 4.69) is 25.6 Å². The van der Waals surface area contributed by atoms with Crippen LogP contribution in [0.25, 0.3) is 22.6 Å². The molecule has 0 bridgehead atoms. The van der Waals surface area contributed by atoms with E-state index in [1.807, 2.05) is 31.7 Å². The van der Waals surface area contributed by atoms with E-state index >= 15 is 0 Å². The minimum Gasteiger partial charge on any atom is -0.370 e. The Morgan fingerprint density at radius 2 is 2.12 bits per heavy atom. The molecule has 0 aliphatic carbocycles. The fourth-order valence-corrected chi connectivity index (χ4v) is 2.54. The number of primary amides is 1. The van der Waals surface area contributed by atoms with Crippen LogP contribution in [-0.2, 0) is 14.1 Å². The van der Waals surface area contributed by atoms with E-state index in [-0.39, 0.29) is 5.69 Å². The van der Waals surface area contributed by atoms with Gasteiger partial charge in [0, 0.05) is 26.2 Å². The average Bonchev–Trinajstić information content (AvgIpc) is 3.12. The Bertz CT molecular complexity index is 895. The molecular weight excluding hydrogens is 308 g/mol. The first-order valence-corrected chi connectivity index (χ1v) is 7.43. The molecule has 0 spiro atoms. The summed E-state index contributed by atoms with van der Waals surface area (Å²) in [5.74, 6) is 0.674. The molecule has 0 atom stereocenters. The summed E-state index contributed by atoms with van der Waals surface area (Å²) in [6.45, 7) is 2.63. The largest absolute Gasteiger partial charge is 0.370 e. The Morgan fingerprint density at radius 3 is 2.75 bits per heavy atom. The van der Waals surface area contributed by atoms with E-state index in [1.165, 1.54) is 0 Å². The Hall–Kier alpha value is -3.23. The molecule has 3 aromatic rings. The molecule has 0 saturated heterocycles. The summed E-state index contributed by atoms with van der Waals surface area (Å²) in [5, 5.41) is 15.5. The number of amides is 1. The van der Waals surface area contributed by atoms with E-state index in [1.54, 1.807) is 23.3 Å². The van der Waals surface area contributed by atoms with Crippen molar-refractivity contribution in [3.05, 3.63) is 30.4 Å². The number of carbonyl (C=O) groups is 1. The zero-order chi connectivity index (χ0) is 17.3. The Morgan fingerprint density at radius 1 is 1.33 bits per heavy atom. The van der Waals surface area contributed by atoms with Crippen LogP contribution in [-0.4, -0.2) is 42.0 Å². The molecule has 3 heterocycles. The van der Waals surface area contributed by atoms with Crippen LogP contribution in [0.1, 0.15) is 17.4 Å². The van der Waals surface area contributed by atoms with Gasteiger partial charge in [0.2, 0.25) is 0 Å². The third kappa shape index (κ3) is 2.71. The lowest BCUT2D eigenvalue weighted by atomic mass is 10.1. The van der Waals surface area contributed by atoms with Crippen molar-refractivity contribution in [2.75, 3.05) is 11.9 Å². The fourth-order valence-electron chi connectivity index (χ4n) is 2.54. The second-order valence-corrected chi connectivity index (χ2v) is 5.32. The van der Waals surface area contributed by atoms with Crippen LogP contribution < -0.4 is 11.1 Å². The van der Waals surface area contributed by atoms with Crippen molar-refractivity contribution >= 4 is 11.7 Å². The molecule has 0 aliphatic heterocycles. The van der Waals surface area contributed by atoms with E-state index in [4.69, 9.17) is 5.73 Å². The minimum absolute atomic E-state index is 0.188. The second kappa shape index (κ2) is 6.11. The third-order valence-electron chi connectivity index (χ3n) is 3.60. The Kier molecular flexibility index (Phi) is 3.98. The molecule has 0 saturated carbocycles. The van der Waals surface area contributed by atoms with Crippen molar-refractivity contribution in [1.82, 2.24) is 29.5 Å². The van der Waals surface area contributed by atoms with E-state index in [9.17, 15) is 4.79 Å². The molecular formula is C15H18N8O. The van der Waals surface area contributed by atoms with Gasteiger partial charge in [-0.3, -0.25) is 9.48 Å². The van der Waals surface area contributed by atoms with Crippen molar-refractivity contribution < 1.29 is 4.79 Å². The number of hydrogen-bond donors (Lipinski definition) is 2. The first-order valence-electron chi connectivity index (χ1n) is 7.43. The molecule has 9 nitrogen and oxygen atoms in total. The van der Waals surface area contributed by atoms with Gasteiger partial charge in [-0.05, 0) is 19.1 Å². The molecule has 9 heteroatoms. The van der Waals surface area contributed by atoms with Crippen LogP contribution in [0.2, 0.25) is 0 Å². The summed E-state index contributed by atoms with van der Waals surface area (Å²) in [6, 6.07) is 3.51. The molecule has 1 amide bonds. The van der Waals surface area contributed by atoms with Gasteiger partial charge >= 0.3 is 0 Å². The van der Waals surface area contributed by atoms with Crippen molar-refractivity contribution in [2.24, 2.45) is 19.8 Å². The molecule has 0 unspecified atom stereocenters. The predicted octanol–water partition coefficient (Wildman–Crippen LogP) is 0.808. The van der Waals surface area contributed by atoms with E-state index in [0.717, 1.165) is 16.8 Å². The van der Waals surface area contributed by atoms with Crippen molar-refractivity contribution in [3.8, 4) is 22.6 Å². The third-order valence-corrected chi connectivity index (χ3v) is 3.60. The Labute approximate surface area is 138 Å². The minimum atomic E-state index is -0.585. The number of nitrogens with zero attached hydrogens (tertiary/aromatic N) is 6. The maximum atomic E-state index is 11.6. The fraction of sp³-hybridized carbons (Fsp3) is 0.267. The van der Waals surface area contributed by atoms with Crippen molar-refractivity contribution in [1.29, 1.82) is 0 Å². The highest BCUT2D eigenvalue weighted by molar-refractivity contribution is 5.93. The number of nitrogens with two attached hydrogens (primary N) is 1. The molecule has 0 fully saturated rings. The summed E-state index contributed by atoms with van der Waals surface area (Å²) in [6.07, 6.45) is 3.34. The lowest BCUT2D eigenvalue weighted by molar-refractivity contribution is 0.0995. The molecule has 3 aromatic heterocycles. The quantitative estimate of drug-likeness (QED) is 0.716. The first kappa shape index (κ1) is 15.7. The lowest BCUT2D eigenvalue weighted by Gasteiger charge is -2.10. The van der Waals surface area contributed by atoms with Gasteiger partial charge in [0.15, 0.2) is 5.82 Å². The summed E-state index contributed by atoms with van der Waals surface area (Å²) < 4.78 is 3.53. The maximum absolute atomic E-state index is 11.6. The summed E-state index contributed by atoms with van der Waals surface area (Å²) >= 11 is 0. The van der Waals surface area contributed by atoms with Crippen molar-refractivity contribution in [2.45, 2.75) is 6.92 Å². The molecule has 0 radical (unpaired) electrons. The van der Waals surface area contributed by atoms with Crippen molar-refractivity contribution in [3.63, 3.8) is 0 Å². The van der Waals surface area contributed by atoms with Crippen LogP contribution in [0.4, 0.5) is 5.82 Å². The number of aromatic nitrogens is 6. The first-order chi connectivity index (χ1) is 11.5. The van der Waals surface area contributed by atoms with Gasteiger partial charge in [-0.2, -0.15) is 5.10 Å². The zero-order valence-corrected chi connectivity index (χ0v) is 13.7. The van der Waals surface area contributed by atoms with Gasteiger partial charge in [0.1, 0.15) is 17.8 Å². The van der Waals surface area contributed by atoms with E-state index in [0.29, 0.717) is 18.2 Å². The van der Waals surface area contributed by atoms with Gasteiger partial charge in [0.25, 0.3) is 5.91 Å². The van der Waals surface area contributed by atoms with Crippen LogP contribution in [0.5, 0.6) is 0 Å². The van der Waals surface area contributed by atoms with Gasteiger partial charge in [-0.15, -0.1) is 10.2 Å². The number of hydrogen-bond acceptors (Lipinski definition) is 6. The van der Waals surface area contributed by atoms with Crippen LogP contribution >= 0.6 is 0 Å². The Balaban J connectivity index is 2.21. The highest BCUT2D eigenvalue weighted by atomic mass is 16.1. The summed E-state index contributed by atoms with van der Waals surface area (Å²) in [7, 11) is 3.68. The number of nitrogens with one attached hydrogen (secondary N) is 1. The number of carbonyl (C=O) groups excluding carboxylic acids is 1. The van der Waals surface area contributed by atoms with E-state index < -0.39 is 5.91 Å². The van der Waals surface area contributed by atoms with Gasteiger partial charge < -0.3 is 15.6 Å². The predicted molar refractivity (Wildman–Crippen MR) is 89.1 cm³/mol. The number of aryl methyl sites for hydroxylation is 2. The van der Waals surface area contributed by atoms with Gasteiger partial charge in [0.05, 0.1) is 17.5 Å². The molecule has 0 aromatic carbocycles. The smallest absolute Gasteiger partial charge is 0.267 e. The normalized spacial score (nSPS) is 10.8. The van der Waals surface area contributed by atoms with Crippen LogP contribution in [0.15, 0.2) is 24.7 Å². The van der Waals surface area contributed by atoms with Gasteiger partial charge in [-0.1, -0.05) is 0 Å². The number of anilines is 1. The highest BCUT2D eigenvalue weighted by Gasteiger charge is 2.19. The summed E-state index contributed by atoms with van der Waals surface area (Å²) in [4.78, 5) is 15.8. The topological polar surface area (TPSA) is 117 Å². The molecule has 124 valence electrons. The summed E-state index contributed by atoms with van der Waals surface area (Å²) in [5.41, 5.74) is 7.99. The standard InChI is InChI=1S/C15H18N8O/c1-4-17-12-6-9(5-11(20-12)14(16)24)13-10(7-19-23(13)3)15-21-18-8-22(15)2/h5-8H,4H2,1-3H3,(H2,16,24)(H,17,20). The van der Waals surface area contributed by atoms with Crippen LogP contribution in [0, 0.1) is 0 Å². The zero-order valence-electron chi connectivity index (χ0n) is 13.7. The SMILES string of the molecule is CCNc1cc(-c2c(-c3nncn3C)cnn2C)cc(C(N)=O)n1. The maximum Gasteiger partial charge on any atom is 0.267 e. The van der Waals surface area contributed by atoms with Gasteiger partial charge in [-0.25, -0.2) is 4.98 Å². The average molecular weight is 326 g/mol. The lowest BCUT2D eigenvalue weighted by Crippen LogP contribution is -2.15. The highest BCUT2D eigenvalue weighted by Crippen LogP contribution is 2.31. The molecule has 24 heavy (non-hydrogen) atoms. The molecule has 3 rings (SSSR count). The molecule has 0 aliphatic rings. The number of rotatable bonds is 5. The number of pyridine rings is 1. The second-order valence-electron chi connectivity index (χ2n) is 5.32. The van der Waals surface area contributed by atoms with Crippen LogP contribution in [0.3, 0.4) is 0 Å². The molecule has 3 N–H and O–H groups in total. The monoisotopic (exact) mass is 326 g/mol.